The summed E-state index contributed by atoms with van der Waals surface area (Å²) in [5, 5.41) is 16.3. The molecule has 1 saturated carbocycles. The molecule has 3 nitrogen and oxygen atoms in total. The van der Waals surface area contributed by atoms with Crippen molar-refractivity contribution in [1.29, 1.82) is 0 Å². The van der Waals surface area contributed by atoms with Gasteiger partial charge in [-0.2, -0.15) is 0 Å². The van der Waals surface area contributed by atoms with Gasteiger partial charge in [0.1, 0.15) is 5.82 Å². The molecule has 0 spiro atoms. The lowest BCUT2D eigenvalue weighted by molar-refractivity contribution is 0.0381. The van der Waals surface area contributed by atoms with Gasteiger partial charge >= 0.3 is 0 Å². The van der Waals surface area contributed by atoms with Gasteiger partial charge in [0.25, 0.3) is 0 Å². The van der Waals surface area contributed by atoms with Crippen LogP contribution in [-0.2, 0) is 0 Å². The highest BCUT2D eigenvalue weighted by Gasteiger charge is 2.27. The number of aliphatic hydroxyl groups is 1. The molecule has 0 unspecified atom stereocenters. The van der Waals surface area contributed by atoms with E-state index in [0.29, 0.717) is 6.54 Å². The average molecular weight is 349 g/mol. The summed E-state index contributed by atoms with van der Waals surface area (Å²) in [6.07, 6.45) is 8.29. The third-order valence-corrected chi connectivity index (χ3v) is 5.06. The number of nitrogens with zero attached hydrogens (tertiary/aromatic N) is 1. The van der Waals surface area contributed by atoms with Gasteiger partial charge in [-0.15, -0.1) is 0 Å². The molecule has 4 heteroatoms. The van der Waals surface area contributed by atoms with Crippen molar-refractivity contribution >= 4 is 32.5 Å². The van der Waals surface area contributed by atoms with Crippen molar-refractivity contribution in [2.24, 2.45) is 0 Å². The minimum atomic E-state index is -0.591. The Balaban J connectivity index is 1.80. The SMILES string of the molecule is OC1(CNc2nccc3c(Br)cccc23)CCCCCC1. The Kier molecular flexibility index (Phi) is 4.45. The molecule has 1 aliphatic rings. The molecular weight excluding hydrogens is 328 g/mol. The van der Waals surface area contributed by atoms with Gasteiger partial charge < -0.3 is 10.4 Å². The molecule has 3 rings (SSSR count). The minimum absolute atomic E-state index is 0.575. The summed E-state index contributed by atoms with van der Waals surface area (Å²) in [6, 6.07) is 8.11. The summed E-state index contributed by atoms with van der Waals surface area (Å²) in [5.41, 5.74) is -0.591. The van der Waals surface area contributed by atoms with Gasteiger partial charge in [-0.1, -0.05) is 53.7 Å². The molecule has 0 radical (unpaired) electrons. The number of aromatic nitrogens is 1. The van der Waals surface area contributed by atoms with E-state index in [1.54, 1.807) is 0 Å². The molecular formula is C17H21BrN2O. The van der Waals surface area contributed by atoms with Crippen LogP contribution in [-0.4, -0.2) is 22.2 Å². The second-order valence-electron chi connectivity index (χ2n) is 5.99. The number of hydrogen-bond acceptors (Lipinski definition) is 3. The number of anilines is 1. The third-order valence-electron chi connectivity index (χ3n) is 4.37. The first-order chi connectivity index (χ1) is 10.2. The summed E-state index contributed by atoms with van der Waals surface area (Å²) in [6.45, 7) is 0.575. The molecule has 0 bridgehead atoms. The van der Waals surface area contributed by atoms with Crippen LogP contribution >= 0.6 is 15.9 Å². The molecule has 21 heavy (non-hydrogen) atoms. The molecule has 0 saturated heterocycles. The predicted molar refractivity (Wildman–Crippen MR) is 90.6 cm³/mol. The summed E-state index contributed by atoms with van der Waals surface area (Å²) < 4.78 is 1.07. The number of nitrogens with one attached hydrogen (secondary N) is 1. The second kappa shape index (κ2) is 6.32. The number of rotatable bonds is 3. The standard InChI is InChI=1S/C17H21BrN2O/c18-15-7-5-6-14-13(15)8-11-19-16(14)20-12-17(21)9-3-1-2-4-10-17/h5-8,11,21H,1-4,9-10,12H2,(H,19,20). The topological polar surface area (TPSA) is 45.1 Å². The lowest BCUT2D eigenvalue weighted by Gasteiger charge is -2.27. The van der Waals surface area contributed by atoms with Crippen LogP contribution in [0, 0.1) is 0 Å². The summed E-state index contributed by atoms with van der Waals surface area (Å²) >= 11 is 3.57. The third kappa shape index (κ3) is 3.38. The van der Waals surface area contributed by atoms with Crippen molar-refractivity contribution in [1.82, 2.24) is 4.98 Å². The summed E-state index contributed by atoms with van der Waals surface area (Å²) in [4.78, 5) is 4.44. The van der Waals surface area contributed by atoms with Crippen LogP contribution in [0.4, 0.5) is 5.82 Å². The van der Waals surface area contributed by atoms with Crippen molar-refractivity contribution in [3.05, 3.63) is 34.9 Å². The van der Waals surface area contributed by atoms with Crippen LogP contribution in [0.25, 0.3) is 10.8 Å². The normalized spacial score (nSPS) is 18.4. The lowest BCUT2D eigenvalue weighted by atomic mass is 9.94. The molecule has 112 valence electrons. The second-order valence-corrected chi connectivity index (χ2v) is 6.84. The number of fused-ring (bicyclic) bond motifs is 1. The summed E-state index contributed by atoms with van der Waals surface area (Å²) in [7, 11) is 0. The van der Waals surface area contributed by atoms with Gasteiger partial charge in [0.2, 0.25) is 0 Å². The Hall–Kier alpha value is -1.13. The van der Waals surface area contributed by atoms with Gasteiger partial charge in [-0.3, -0.25) is 0 Å². The molecule has 2 aromatic rings. The quantitative estimate of drug-likeness (QED) is 0.803. The fourth-order valence-corrected chi connectivity index (χ4v) is 3.62. The van der Waals surface area contributed by atoms with E-state index in [0.717, 1.165) is 46.7 Å². The number of halogens is 1. The predicted octanol–water partition coefficient (Wildman–Crippen LogP) is 4.49. The first-order valence-corrected chi connectivity index (χ1v) is 8.47. The van der Waals surface area contributed by atoms with E-state index < -0.39 is 5.60 Å². The lowest BCUT2D eigenvalue weighted by Crippen LogP contribution is -2.36. The van der Waals surface area contributed by atoms with Crippen LogP contribution in [0.5, 0.6) is 0 Å². The zero-order chi connectivity index (χ0) is 14.7. The highest BCUT2D eigenvalue weighted by molar-refractivity contribution is 9.10. The molecule has 1 aromatic heterocycles. The van der Waals surface area contributed by atoms with E-state index in [2.05, 4.69) is 32.3 Å². The monoisotopic (exact) mass is 348 g/mol. The molecule has 2 N–H and O–H groups in total. The smallest absolute Gasteiger partial charge is 0.133 e. The van der Waals surface area contributed by atoms with E-state index in [4.69, 9.17) is 0 Å². The van der Waals surface area contributed by atoms with Crippen LogP contribution in [0.1, 0.15) is 38.5 Å². The van der Waals surface area contributed by atoms with Crippen LogP contribution in [0.3, 0.4) is 0 Å². The Labute approximate surface area is 133 Å². The van der Waals surface area contributed by atoms with E-state index in [1.165, 1.54) is 12.8 Å². The number of pyridine rings is 1. The van der Waals surface area contributed by atoms with Gasteiger partial charge in [-0.25, -0.2) is 4.98 Å². The van der Waals surface area contributed by atoms with E-state index in [9.17, 15) is 5.11 Å². The van der Waals surface area contributed by atoms with E-state index in [1.807, 2.05) is 24.4 Å². The number of benzene rings is 1. The molecule has 0 aliphatic heterocycles. The Morgan fingerprint density at radius 2 is 1.86 bits per heavy atom. The van der Waals surface area contributed by atoms with Crippen LogP contribution < -0.4 is 5.32 Å². The van der Waals surface area contributed by atoms with E-state index in [-0.39, 0.29) is 0 Å². The molecule has 1 aliphatic carbocycles. The first-order valence-electron chi connectivity index (χ1n) is 7.67. The van der Waals surface area contributed by atoms with Crippen molar-refractivity contribution in [2.45, 2.75) is 44.1 Å². The van der Waals surface area contributed by atoms with Gasteiger partial charge in [-0.05, 0) is 25.0 Å². The molecule has 1 heterocycles. The Morgan fingerprint density at radius 1 is 1.10 bits per heavy atom. The number of hydrogen-bond donors (Lipinski definition) is 2. The highest BCUT2D eigenvalue weighted by atomic mass is 79.9. The average Bonchev–Trinajstić information content (AvgIpc) is 2.71. The van der Waals surface area contributed by atoms with Crippen LogP contribution in [0.15, 0.2) is 34.9 Å². The maximum Gasteiger partial charge on any atom is 0.133 e. The van der Waals surface area contributed by atoms with Crippen molar-refractivity contribution in [2.75, 3.05) is 11.9 Å². The van der Waals surface area contributed by atoms with E-state index >= 15 is 0 Å². The van der Waals surface area contributed by atoms with Crippen LogP contribution in [0.2, 0.25) is 0 Å². The van der Waals surface area contributed by atoms with Crippen molar-refractivity contribution in [3.63, 3.8) is 0 Å². The molecule has 0 amide bonds. The zero-order valence-corrected chi connectivity index (χ0v) is 13.7. The highest BCUT2D eigenvalue weighted by Crippen LogP contribution is 2.30. The molecule has 1 fully saturated rings. The minimum Gasteiger partial charge on any atom is -0.388 e. The molecule has 0 atom stereocenters. The maximum absolute atomic E-state index is 10.7. The fraction of sp³-hybridized carbons (Fsp3) is 0.471. The molecule has 1 aromatic carbocycles. The van der Waals surface area contributed by atoms with Gasteiger partial charge in [0, 0.05) is 28.0 Å². The Bertz CT molecular complexity index is 621. The van der Waals surface area contributed by atoms with Gasteiger partial charge in [0.15, 0.2) is 0 Å². The zero-order valence-electron chi connectivity index (χ0n) is 12.1. The Morgan fingerprint density at radius 3 is 2.62 bits per heavy atom. The summed E-state index contributed by atoms with van der Waals surface area (Å²) in [5.74, 6) is 0.853. The maximum atomic E-state index is 10.7. The van der Waals surface area contributed by atoms with Crippen molar-refractivity contribution < 1.29 is 5.11 Å². The van der Waals surface area contributed by atoms with Gasteiger partial charge in [0.05, 0.1) is 5.60 Å². The first kappa shape index (κ1) is 14.8. The van der Waals surface area contributed by atoms with Crippen molar-refractivity contribution in [3.8, 4) is 0 Å². The largest absolute Gasteiger partial charge is 0.388 e. The fourth-order valence-electron chi connectivity index (χ4n) is 3.12.